The Labute approximate surface area is 107 Å². The van der Waals surface area contributed by atoms with Crippen molar-refractivity contribution in [1.82, 2.24) is 4.72 Å². The zero-order valence-corrected chi connectivity index (χ0v) is 11.7. The second kappa shape index (κ2) is 4.94. The van der Waals surface area contributed by atoms with Crippen LogP contribution in [0.15, 0.2) is 23.1 Å². The van der Waals surface area contributed by atoms with E-state index in [4.69, 9.17) is 17.3 Å². The Balaban J connectivity index is 3.16. The fourth-order valence-corrected chi connectivity index (χ4v) is 3.00. The average Bonchev–Trinajstić information content (AvgIpc) is 2.14. The Bertz CT molecular complexity index is 507. The molecule has 0 amide bonds. The van der Waals surface area contributed by atoms with Gasteiger partial charge in [-0.3, -0.25) is 0 Å². The highest BCUT2D eigenvalue weighted by molar-refractivity contribution is 7.89. The Hall–Kier alpha value is -0.620. The van der Waals surface area contributed by atoms with E-state index in [2.05, 4.69) is 4.72 Å². The highest BCUT2D eigenvalue weighted by Gasteiger charge is 2.22. The Morgan fingerprint density at radius 1 is 1.35 bits per heavy atom. The van der Waals surface area contributed by atoms with Crippen LogP contribution < -0.4 is 10.5 Å². The van der Waals surface area contributed by atoms with E-state index in [9.17, 15) is 8.42 Å². The number of hydrogen-bond acceptors (Lipinski definition) is 3. The molecule has 0 aliphatic carbocycles. The van der Waals surface area contributed by atoms with Crippen LogP contribution in [0.1, 0.15) is 26.3 Å². The van der Waals surface area contributed by atoms with Gasteiger partial charge in [0.1, 0.15) is 0 Å². The van der Waals surface area contributed by atoms with E-state index in [0.29, 0.717) is 10.6 Å². The van der Waals surface area contributed by atoms with E-state index in [1.807, 2.05) is 0 Å². The molecule has 0 unspecified atom stereocenters. The number of halogens is 1. The van der Waals surface area contributed by atoms with E-state index in [1.165, 1.54) is 12.1 Å². The first-order valence-corrected chi connectivity index (χ1v) is 7.04. The zero-order chi connectivity index (χ0) is 13.3. The number of nitrogens with one attached hydrogen (secondary N) is 1. The molecule has 96 valence electrons. The van der Waals surface area contributed by atoms with Crippen molar-refractivity contribution >= 4 is 21.6 Å². The summed E-state index contributed by atoms with van der Waals surface area (Å²) in [5.41, 5.74) is 5.58. The molecule has 0 saturated heterocycles. The van der Waals surface area contributed by atoms with Crippen LogP contribution in [-0.2, 0) is 16.6 Å². The molecule has 1 rings (SSSR count). The van der Waals surface area contributed by atoms with Crippen LogP contribution in [-0.4, -0.2) is 14.0 Å². The summed E-state index contributed by atoms with van der Waals surface area (Å²) in [5, 5.41) is 0.474. The molecular formula is C11H17ClN2O2S. The maximum Gasteiger partial charge on any atom is 0.241 e. The molecule has 0 atom stereocenters. The van der Waals surface area contributed by atoms with E-state index < -0.39 is 15.6 Å². The largest absolute Gasteiger partial charge is 0.326 e. The van der Waals surface area contributed by atoms with Gasteiger partial charge in [0.25, 0.3) is 0 Å². The molecular weight excluding hydrogens is 260 g/mol. The number of nitrogens with two attached hydrogens (primary N) is 1. The van der Waals surface area contributed by atoms with E-state index in [-0.39, 0.29) is 11.4 Å². The maximum absolute atomic E-state index is 12.0. The quantitative estimate of drug-likeness (QED) is 0.885. The molecule has 0 radical (unpaired) electrons. The lowest BCUT2D eigenvalue weighted by molar-refractivity contribution is 0.491. The minimum atomic E-state index is -3.53. The zero-order valence-electron chi connectivity index (χ0n) is 10.1. The third-order valence-corrected chi connectivity index (χ3v) is 4.11. The Morgan fingerprint density at radius 2 is 1.94 bits per heavy atom. The molecule has 3 N–H and O–H groups in total. The molecule has 0 aliphatic rings. The second-order valence-corrected chi connectivity index (χ2v) is 6.90. The van der Waals surface area contributed by atoms with Gasteiger partial charge < -0.3 is 5.73 Å². The Morgan fingerprint density at radius 3 is 2.41 bits per heavy atom. The molecule has 17 heavy (non-hydrogen) atoms. The van der Waals surface area contributed by atoms with Crippen molar-refractivity contribution in [2.24, 2.45) is 5.73 Å². The summed E-state index contributed by atoms with van der Waals surface area (Å²) in [7, 11) is -3.53. The molecule has 6 heteroatoms. The van der Waals surface area contributed by atoms with Crippen molar-refractivity contribution in [2.45, 2.75) is 37.8 Å². The molecule has 1 aromatic rings. The number of rotatable bonds is 3. The minimum absolute atomic E-state index is 0.178. The molecule has 0 aliphatic heterocycles. The van der Waals surface area contributed by atoms with Gasteiger partial charge in [0.2, 0.25) is 10.0 Å². The SMILES string of the molecule is CC(C)(C)NS(=O)(=O)c1ccc(Cl)c(CN)c1. The normalized spacial score (nSPS) is 12.8. The summed E-state index contributed by atoms with van der Waals surface area (Å²) < 4.78 is 26.6. The fourth-order valence-electron chi connectivity index (χ4n) is 1.34. The molecule has 1 aromatic carbocycles. The third kappa shape index (κ3) is 3.96. The van der Waals surface area contributed by atoms with Gasteiger partial charge in [-0.05, 0) is 44.5 Å². The molecule has 0 saturated carbocycles. The van der Waals surface area contributed by atoms with Gasteiger partial charge in [-0.2, -0.15) is 0 Å². The Kier molecular flexibility index (Phi) is 4.19. The summed E-state index contributed by atoms with van der Waals surface area (Å²) in [6, 6.07) is 4.51. The number of sulfonamides is 1. The van der Waals surface area contributed by atoms with Gasteiger partial charge in [-0.15, -0.1) is 0 Å². The van der Waals surface area contributed by atoms with Crippen LogP contribution in [0.3, 0.4) is 0 Å². The van der Waals surface area contributed by atoms with Crippen molar-refractivity contribution in [3.8, 4) is 0 Å². The summed E-state index contributed by atoms with van der Waals surface area (Å²) >= 11 is 5.88. The van der Waals surface area contributed by atoms with E-state index in [0.717, 1.165) is 0 Å². The van der Waals surface area contributed by atoms with Crippen molar-refractivity contribution in [3.63, 3.8) is 0 Å². The topological polar surface area (TPSA) is 72.2 Å². The third-order valence-electron chi connectivity index (χ3n) is 1.99. The summed E-state index contributed by atoms with van der Waals surface area (Å²) in [5.74, 6) is 0. The summed E-state index contributed by atoms with van der Waals surface area (Å²) in [6.45, 7) is 5.55. The van der Waals surface area contributed by atoms with Crippen LogP contribution in [0.2, 0.25) is 5.02 Å². The maximum atomic E-state index is 12.0. The highest BCUT2D eigenvalue weighted by atomic mass is 35.5. The lowest BCUT2D eigenvalue weighted by Crippen LogP contribution is -2.40. The smallest absolute Gasteiger partial charge is 0.241 e. The van der Waals surface area contributed by atoms with Crippen molar-refractivity contribution in [2.75, 3.05) is 0 Å². The monoisotopic (exact) mass is 276 g/mol. The van der Waals surface area contributed by atoms with Gasteiger partial charge in [-0.1, -0.05) is 11.6 Å². The van der Waals surface area contributed by atoms with Crippen molar-refractivity contribution in [1.29, 1.82) is 0 Å². The molecule has 0 bridgehead atoms. The standard InChI is InChI=1S/C11H17ClN2O2S/c1-11(2,3)14-17(15,16)9-4-5-10(12)8(6-9)7-13/h4-6,14H,7,13H2,1-3H3. The lowest BCUT2D eigenvalue weighted by Gasteiger charge is -2.20. The highest BCUT2D eigenvalue weighted by Crippen LogP contribution is 2.21. The number of benzene rings is 1. The van der Waals surface area contributed by atoms with E-state index in [1.54, 1.807) is 26.8 Å². The molecule has 0 spiro atoms. The van der Waals surface area contributed by atoms with Crippen molar-refractivity contribution < 1.29 is 8.42 Å². The van der Waals surface area contributed by atoms with Gasteiger partial charge in [0, 0.05) is 17.1 Å². The first-order chi connectivity index (χ1) is 7.65. The first kappa shape index (κ1) is 14.4. The van der Waals surface area contributed by atoms with Gasteiger partial charge in [0.05, 0.1) is 4.90 Å². The average molecular weight is 277 g/mol. The number of hydrogen-bond donors (Lipinski definition) is 2. The summed E-state index contributed by atoms with van der Waals surface area (Å²) in [6.07, 6.45) is 0. The second-order valence-electron chi connectivity index (χ2n) is 4.81. The predicted octanol–water partition coefficient (Wildman–Crippen LogP) is 1.88. The summed E-state index contributed by atoms with van der Waals surface area (Å²) in [4.78, 5) is 0.178. The van der Waals surface area contributed by atoms with E-state index >= 15 is 0 Å². The predicted molar refractivity (Wildman–Crippen MR) is 69.4 cm³/mol. The van der Waals surface area contributed by atoms with Gasteiger partial charge >= 0.3 is 0 Å². The van der Waals surface area contributed by atoms with Crippen LogP contribution >= 0.6 is 11.6 Å². The van der Waals surface area contributed by atoms with Crippen molar-refractivity contribution in [3.05, 3.63) is 28.8 Å². The lowest BCUT2D eigenvalue weighted by atomic mass is 10.1. The molecule has 4 nitrogen and oxygen atoms in total. The van der Waals surface area contributed by atoms with Crippen LogP contribution in [0.4, 0.5) is 0 Å². The molecule has 0 heterocycles. The first-order valence-electron chi connectivity index (χ1n) is 5.18. The molecule has 0 fully saturated rings. The van der Waals surface area contributed by atoms with Crippen LogP contribution in [0.25, 0.3) is 0 Å². The van der Waals surface area contributed by atoms with Crippen LogP contribution in [0, 0.1) is 0 Å². The van der Waals surface area contributed by atoms with Gasteiger partial charge in [-0.25, -0.2) is 13.1 Å². The van der Waals surface area contributed by atoms with Gasteiger partial charge in [0.15, 0.2) is 0 Å². The molecule has 0 aromatic heterocycles. The van der Waals surface area contributed by atoms with Crippen LogP contribution in [0.5, 0.6) is 0 Å². The minimum Gasteiger partial charge on any atom is -0.326 e. The fraction of sp³-hybridized carbons (Fsp3) is 0.455.